The minimum absolute atomic E-state index is 0.0173. The fourth-order valence-corrected chi connectivity index (χ4v) is 6.54. The maximum atomic E-state index is 13.0. The number of hydrogen-bond acceptors (Lipinski definition) is 5. The van der Waals surface area contributed by atoms with Crippen LogP contribution in [-0.2, 0) is 20.0 Å². The van der Waals surface area contributed by atoms with Gasteiger partial charge in [0.25, 0.3) is 0 Å². The van der Waals surface area contributed by atoms with Gasteiger partial charge in [-0.1, -0.05) is 65.7 Å². The lowest BCUT2D eigenvalue weighted by Gasteiger charge is -2.21. The molecule has 0 amide bonds. The van der Waals surface area contributed by atoms with Gasteiger partial charge in [0.05, 0.1) is 4.90 Å². The molecule has 5 N–H and O–H groups in total. The summed E-state index contributed by atoms with van der Waals surface area (Å²) in [7, 11) is -9.23. The standard InChI is InChI=1S/C24H20Cl2N2O5S2/c1-12-14(6-4-10-18(12)25)16-8-3-9-17-20(16)22(29)24(35(28,32)33)21(23(17)34(27,30)31)15-7-5-11-19(26)13(15)2/h3-11,29H,1-2H3,(H2,27,30,31)(H2,28,32,33). The minimum Gasteiger partial charge on any atom is -0.506 e. The summed E-state index contributed by atoms with van der Waals surface area (Å²) in [5.74, 6) is -0.709. The normalized spacial score (nSPS) is 12.3. The Morgan fingerprint density at radius 1 is 0.686 bits per heavy atom. The SMILES string of the molecule is Cc1c(Cl)cccc1-c1c(S(N)(=O)=O)c(O)c2c(-c3cccc(Cl)c3C)cccc2c1S(N)(=O)=O. The van der Waals surface area contributed by atoms with Gasteiger partial charge < -0.3 is 5.11 Å². The zero-order valence-electron chi connectivity index (χ0n) is 18.5. The van der Waals surface area contributed by atoms with Gasteiger partial charge in [0.1, 0.15) is 10.6 Å². The Bertz CT molecular complexity index is 1750. The maximum Gasteiger partial charge on any atom is 0.242 e. The second-order valence-corrected chi connectivity index (χ2v) is 11.8. The first-order valence-electron chi connectivity index (χ1n) is 10.1. The molecule has 11 heteroatoms. The van der Waals surface area contributed by atoms with E-state index in [-0.39, 0.29) is 26.9 Å². The molecule has 7 nitrogen and oxygen atoms in total. The van der Waals surface area contributed by atoms with Crippen molar-refractivity contribution in [1.29, 1.82) is 0 Å². The van der Waals surface area contributed by atoms with Gasteiger partial charge in [-0.25, -0.2) is 27.1 Å². The van der Waals surface area contributed by atoms with Gasteiger partial charge in [-0.15, -0.1) is 0 Å². The molecule has 0 aliphatic rings. The van der Waals surface area contributed by atoms with Gasteiger partial charge >= 0.3 is 0 Å². The Morgan fingerprint density at radius 2 is 1.14 bits per heavy atom. The van der Waals surface area contributed by atoms with Crippen LogP contribution in [0.3, 0.4) is 0 Å². The van der Waals surface area contributed by atoms with E-state index in [9.17, 15) is 21.9 Å². The van der Waals surface area contributed by atoms with Crippen LogP contribution >= 0.6 is 23.2 Å². The first kappa shape index (κ1) is 25.4. The smallest absolute Gasteiger partial charge is 0.242 e. The van der Waals surface area contributed by atoms with E-state index in [1.807, 2.05) is 0 Å². The highest BCUT2D eigenvalue weighted by Crippen LogP contribution is 2.49. The van der Waals surface area contributed by atoms with E-state index in [4.69, 9.17) is 33.5 Å². The third-order valence-electron chi connectivity index (χ3n) is 5.88. The summed E-state index contributed by atoms with van der Waals surface area (Å²) in [4.78, 5) is -1.27. The number of primary sulfonamides is 2. The molecule has 0 spiro atoms. The summed E-state index contributed by atoms with van der Waals surface area (Å²) >= 11 is 12.5. The summed E-state index contributed by atoms with van der Waals surface area (Å²) in [6.07, 6.45) is 0. The molecule has 4 aromatic carbocycles. The van der Waals surface area contributed by atoms with Gasteiger partial charge in [0.15, 0.2) is 0 Å². The number of phenolic OH excluding ortho intramolecular Hbond substituents is 1. The zero-order chi connectivity index (χ0) is 25.9. The molecule has 0 bridgehead atoms. The number of rotatable bonds is 4. The van der Waals surface area contributed by atoms with Crippen LogP contribution in [0.15, 0.2) is 64.4 Å². The molecular formula is C24H20Cl2N2O5S2. The molecule has 0 aliphatic heterocycles. The summed E-state index contributed by atoms with van der Waals surface area (Å²) in [6, 6.07) is 14.3. The number of sulfonamides is 2. The van der Waals surface area contributed by atoms with Crippen molar-refractivity contribution in [3.05, 3.63) is 75.8 Å². The van der Waals surface area contributed by atoms with Gasteiger partial charge in [0.2, 0.25) is 20.0 Å². The fourth-order valence-electron chi connectivity index (χ4n) is 4.29. The quantitative estimate of drug-likeness (QED) is 0.324. The lowest BCUT2D eigenvalue weighted by molar-refractivity contribution is 0.465. The molecule has 0 fully saturated rings. The van der Waals surface area contributed by atoms with E-state index in [2.05, 4.69) is 0 Å². The van der Waals surface area contributed by atoms with Crippen LogP contribution < -0.4 is 10.3 Å². The van der Waals surface area contributed by atoms with Crippen LogP contribution in [0.25, 0.3) is 33.0 Å². The van der Waals surface area contributed by atoms with Gasteiger partial charge in [-0.2, -0.15) is 0 Å². The van der Waals surface area contributed by atoms with Gasteiger partial charge in [-0.3, -0.25) is 0 Å². The van der Waals surface area contributed by atoms with Crippen molar-refractivity contribution in [2.24, 2.45) is 10.3 Å². The third-order valence-corrected chi connectivity index (χ3v) is 8.66. The van der Waals surface area contributed by atoms with Crippen molar-refractivity contribution in [3.8, 4) is 28.0 Å². The molecule has 0 aliphatic carbocycles. The van der Waals surface area contributed by atoms with E-state index < -0.39 is 35.6 Å². The minimum atomic E-state index is -4.67. The second-order valence-electron chi connectivity index (χ2n) is 8.02. The maximum absolute atomic E-state index is 13.0. The van der Waals surface area contributed by atoms with Crippen molar-refractivity contribution in [2.75, 3.05) is 0 Å². The predicted octanol–water partition coefficient (Wildman–Crippen LogP) is 5.10. The molecular weight excluding hydrogens is 531 g/mol. The average Bonchev–Trinajstić information content (AvgIpc) is 2.75. The van der Waals surface area contributed by atoms with Crippen molar-refractivity contribution in [1.82, 2.24) is 0 Å². The number of phenols is 1. The molecule has 4 rings (SSSR count). The van der Waals surface area contributed by atoms with E-state index >= 15 is 0 Å². The second kappa shape index (κ2) is 8.77. The Hall–Kier alpha value is -2.66. The van der Waals surface area contributed by atoms with Crippen LogP contribution in [0.5, 0.6) is 5.75 Å². The fraction of sp³-hybridized carbons (Fsp3) is 0.0833. The number of hydrogen-bond donors (Lipinski definition) is 3. The van der Waals surface area contributed by atoms with Gasteiger partial charge in [0, 0.05) is 26.4 Å². The molecule has 182 valence electrons. The first-order valence-corrected chi connectivity index (χ1v) is 14.0. The summed E-state index contributed by atoms with van der Waals surface area (Å²) in [6.45, 7) is 3.34. The van der Waals surface area contributed by atoms with Crippen LogP contribution in [-0.4, -0.2) is 21.9 Å². The molecule has 0 aromatic heterocycles. The molecule has 0 saturated carbocycles. The molecule has 0 saturated heterocycles. The molecule has 0 radical (unpaired) electrons. The Morgan fingerprint density at radius 3 is 1.69 bits per heavy atom. The Balaban J connectivity index is 2.38. The predicted molar refractivity (Wildman–Crippen MR) is 139 cm³/mol. The lowest BCUT2D eigenvalue weighted by Crippen LogP contribution is -2.19. The zero-order valence-corrected chi connectivity index (χ0v) is 21.6. The number of nitrogens with two attached hydrogens (primary N) is 2. The first-order chi connectivity index (χ1) is 16.2. The summed E-state index contributed by atoms with van der Waals surface area (Å²) in [5.41, 5.74) is 1.73. The van der Waals surface area contributed by atoms with E-state index in [0.717, 1.165) is 0 Å². The Kier molecular flexibility index (Phi) is 6.38. The van der Waals surface area contributed by atoms with Crippen LogP contribution in [0.2, 0.25) is 10.0 Å². The van der Waals surface area contributed by atoms with E-state index in [1.54, 1.807) is 50.2 Å². The van der Waals surface area contributed by atoms with Gasteiger partial charge in [-0.05, 0) is 53.8 Å². The highest BCUT2D eigenvalue weighted by molar-refractivity contribution is 7.90. The number of fused-ring (bicyclic) bond motifs is 1. The number of benzene rings is 4. The summed E-state index contributed by atoms with van der Waals surface area (Å²) in [5, 5.41) is 23.3. The van der Waals surface area contributed by atoms with Crippen molar-refractivity contribution in [2.45, 2.75) is 23.6 Å². The Labute approximate surface area is 213 Å². The highest BCUT2D eigenvalue weighted by Gasteiger charge is 2.33. The van der Waals surface area contributed by atoms with Crippen molar-refractivity contribution < 1.29 is 21.9 Å². The topological polar surface area (TPSA) is 141 Å². The van der Waals surface area contributed by atoms with Crippen LogP contribution in [0.1, 0.15) is 11.1 Å². The van der Waals surface area contributed by atoms with Crippen LogP contribution in [0.4, 0.5) is 0 Å². The number of halogens is 2. The number of aromatic hydroxyl groups is 1. The molecule has 4 aromatic rings. The lowest BCUT2D eigenvalue weighted by atomic mass is 9.91. The van der Waals surface area contributed by atoms with Crippen LogP contribution in [0, 0.1) is 13.8 Å². The van der Waals surface area contributed by atoms with E-state index in [1.165, 1.54) is 18.2 Å². The largest absolute Gasteiger partial charge is 0.506 e. The van der Waals surface area contributed by atoms with E-state index in [0.29, 0.717) is 27.3 Å². The third kappa shape index (κ3) is 4.29. The average molecular weight is 551 g/mol. The monoisotopic (exact) mass is 550 g/mol. The van der Waals surface area contributed by atoms with Crippen molar-refractivity contribution >= 4 is 54.0 Å². The molecule has 0 atom stereocenters. The highest BCUT2D eigenvalue weighted by atomic mass is 35.5. The molecule has 35 heavy (non-hydrogen) atoms. The molecule has 0 unspecified atom stereocenters. The summed E-state index contributed by atoms with van der Waals surface area (Å²) < 4.78 is 51.7. The van der Waals surface area contributed by atoms with Crippen molar-refractivity contribution in [3.63, 3.8) is 0 Å². The molecule has 0 heterocycles.